The van der Waals surface area contributed by atoms with Gasteiger partial charge in [-0.3, -0.25) is 9.59 Å². The van der Waals surface area contributed by atoms with Crippen LogP contribution >= 0.6 is 0 Å². The molecule has 0 aliphatic heterocycles. The molecule has 1 atom stereocenters. The lowest BCUT2D eigenvalue weighted by molar-refractivity contribution is -0.117. The number of nitrogens with one attached hydrogen (secondary N) is 2. The molecule has 20 heavy (non-hydrogen) atoms. The van der Waals surface area contributed by atoms with Crippen LogP contribution in [0.15, 0.2) is 30.4 Å². The monoisotopic (exact) mass is 272 g/mol. The summed E-state index contributed by atoms with van der Waals surface area (Å²) in [6.45, 7) is 3.35. The minimum atomic E-state index is -0.118. The Balaban J connectivity index is 2.03. The number of carbonyl (C=O) groups excluding carboxylic acids is 2. The van der Waals surface area contributed by atoms with E-state index in [1.807, 2.05) is 25.1 Å². The summed E-state index contributed by atoms with van der Waals surface area (Å²) in [6.07, 6.45) is 6.87. The molecule has 0 spiro atoms. The van der Waals surface area contributed by atoms with Crippen LogP contribution in [-0.4, -0.2) is 11.8 Å². The highest BCUT2D eigenvalue weighted by atomic mass is 16.2. The van der Waals surface area contributed by atoms with Crippen LogP contribution in [0.3, 0.4) is 0 Å². The molecule has 0 bridgehead atoms. The van der Waals surface area contributed by atoms with Crippen molar-refractivity contribution in [2.45, 2.75) is 33.1 Å². The van der Waals surface area contributed by atoms with E-state index < -0.39 is 0 Å². The number of benzene rings is 1. The molecule has 1 aromatic rings. The van der Waals surface area contributed by atoms with Crippen LogP contribution in [0.25, 0.3) is 0 Å². The summed E-state index contributed by atoms with van der Waals surface area (Å²) < 4.78 is 0. The number of amides is 2. The van der Waals surface area contributed by atoms with Gasteiger partial charge in [-0.2, -0.15) is 0 Å². The van der Waals surface area contributed by atoms with Crippen molar-refractivity contribution < 1.29 is 9.59 Å². The van der Waals surface area contributed by atoms with E-state index in [4.69, 9.17) is 0 Å². The number of rotatable bonds is 4. The Morgan fingerprint density at radius 1 is 1.25 bits per heavy atom. The Kier molecular flexibility index (Phi) is 4.56. The van der Waals surface area contributed by atoms with Crippen LogP contribution in [0.5, 0.6) is 0 Å². The second-order valence-electron chi connectivity index (χ2n) is 5.18. The molecule has 4 nitrogen and oxygen atoms in total. The van der Waals surface area contributed by atoms with Gasteiger partial charge in [0.1, 0.15) is 0 Å². The van der Waals surface area contributed by atoms with Gasteiger partial charge in [0.2, 0.25) is 11.8 Å². The van der Waals surface area contributed by atoms with E-state index in [-0.39, 0.29) is 11.8 Å². The molecule has 1 aliphatic rings. The van der Waals surface area contributed by atoms with Crippen LogP contribution in [0.2, 0.25) is 0 Å². The molecule has 0 saturated carbocycles. The lowest BCUT2D eigenvalue weighted by Gasteiger charge is -2.14. The van der Waals surface area contributed by atoms with Crippen LogP contribution in [0.4, 0.5) is 11.4 Å². The van der Waals surface area contributed by atoms with Gasteiger partial charge < -0.3 is 10.6 Å². The summed E-state index contributed by atoms with van der Waals surface area (Å²) in [4.78, 5) is 23.1. The van der Waals surface area contributed by atoms with E-state index in [9.17, 15) is 9.59 Å². The third-order valence-corrected chi connectivity index (χ3v) is 3.48. The Morgan fingerprint density at radius 2 is 1.95 bits per heavy atom. The summed E-state index contributed by atoms with van der Waals surface area (Å²) in [5.74, 6) is 0.256. The van der Waals surface area contributed by atoms with Crippen molar-refractivity contribution in [3.05, 3.63) is 35.9 Å². The van der Waals surface area contributed by atoms with E-state index in [0.29, 0.717) is 12.3 Å². The van der Waals surface area contributed by atoms with E-state index in [2.05, 4.69) is 22.8 Å². The SMILES string of the molecule is CC(=O)Nc1cccc(NC(=O)C[C@@H]2C=CCC2)c1C. The molecular weight excluding hydrogens is 252 g/mol. The largest absolute Gasteiger partial charge is 0.326 e. The molecule has 0 radical (unpaired) electrons. The van der Waals surface area contributed by atoms with E-state index in [1.54, 1.807) is 0 Å². The number of anilines is 2. The van der Waals surface area contributed by atoms with Crippen molar-refractivity contribution in [3.63, 3.8) is 0 Å². The molecule has 106 valence electrons. The Bertz CT molecular complexity index is 549. The molecule has 2 amide bonds. The smallest absolute Gasteiger partial charge is 0.224 e. The molecule has 0 heterocycles. The van der Waals surface area contributed by atoms with Crippen molar-refractivity contribution in [1.29, 1.82) is 0 Å². The number of carbonyl (C=O) groups is 2. The topological polar surface area (TPSA) is 58.2 Å². The van der Waals surface area contributed by atoms with Crippen molar-refractivity contribution in [1.82, 2.24) is 0 Å². The Labute approximate surface area is 119 Å². The first-order valence-electron chi connectivity index (χ1n) is 6.90. The highest BCUT2D eigenvalue weighted by Gasteiger charge is 2.15. The van der Waals surface area contributed by atoms with Crippen LogP contribution in [-0.2, 0) is 9.59 Å². The molecule has 0 fully saturated rings. The molecule has 2 N–H and O–H groups in total. The standard InChI is InChI=1S/C16H20N2O2/c1-11-14(17-12(2)19)8-5-9-15(11)18-16(20)10-13-6-3-4-7-13/h3,5-6,8-9,13H,4,7,10H2,1-2H3,(H,17,19)(H,18,20)/t13-/m1/s1. The zero-order valence-corrected chi connectivity index (χ0v) is 11.9. The van der Waals surface area contributed by atoms with Gasteiger partial charge >= 0.3 is 0 Å². The van der Waals surface area contributed by atoms with Gasteiger partial charge in [0, 0.05) is 24.7 Å². The summed E-state index contributed by atoms with van der Waals surface area (Å²) in [6, 6.07) is 5.50. The van der Waals surface area contributed by atoms with E-state index in [1.165, 1.54) is 6.92 Å². The van der Waals surface area contributed by atoms with E-state index in [0.717, 1.165) is 29.8 Å². The molecule has 0 saturated heterocycles. The summed E-state index contributed by atoms with van der Waals surface area (Å²) >= 11 is 0. The van der Waals surface area contributed by atoms with Gasteiger partial charge in [-0.15, -0.1) is 0 Å². The summed E-state index contributed by atoms with van der Waals surface area (Å²) in [5, 5.41) is 5.69. The van der Waals surface area contributed by atoms with Gasteiger partial charge in [-0.05, 0) is 43.4 Å². The van der Waals surface area contributed by atoms with Crippen molar-refractivity contribution in [3.8, 4) is 0 Å². The van der Waals surface area contributed by atoms with Gasteiger partial charge in [0.25, 0.3) is 0 Å². The predicted octanol–water partition coefficient (Wildman–Crippen LogP) is 3.25. The fourth-order valence-corrected chi connectivity index (χ4v) is 2.40. The zero-order valence-electron chi connectivity index (χ0n) is 11.9. The minimum Gasteiger partial charge on any atom is -0.326 e. The fraction of sp³-hybridized carbons (Fsp3) is 0.375. The molecule has 0 aromatic heterocycles. The molecule has 1 aliphatic carbocycles. The van der Waals surface area contributed by atoms with Crippen LogP contribution in [0, 0.1) is 12.8 Å². The Hall–Kier alpha value is -2.10. The first-order valence-corrected chi connectivity index (χ1v) is 6.90. The minimum absolute atomic E-state index is 0.0182. The fourth-order valence-electron chi connectivity index (χ4n) is 2.40. The average molecular weight is 272 g/mol. The molecule has 0 unspecified atom stereocenters. The normalized spacial score (nSPS) is 17.0. The Morgan fingerprint density at radius 3 is 2.55 bits per heavy atom. The molecule has 4 heteroatoms. The van der Waals surface area contributed by atoms with Crippen molar-refractivity contribution in [2.24, 2.45) is 5.92 Å². The molecule has 2 rings (SSSR count). The quantitative estimate of drug-likeness (QED) is 0.827. The zero-order chi connectivity index (χ0) is 14.5. The van der Waals surface area contributed by atoms with Gasteiger partial charge in [-0.25, -0.2) is 0 Å². The highest BCUT2D eigenvalue weighted by Crippen LogP contribution is 2.25. The van der Waals surface area contributed by atoms with Crippen molar-refractivity contribution in [2.75, 3.05) is 10.6 Å². The number of hydrogen-bond donors (Lipinski definition) is 2. The molecular formula is C16H20N2O2. The van der Waals surface area contributed by atoms with Crippen molar-refractivity contribution >= 4 is 23.2 Å². The second-order valence-corrected chi connectivity index (χ2v) is 5.18. The maximum absolute atomic E-state index is 12.0. The van der Waals surface area contributed by atoms with E-state index >= 15 is 0 Å². The maximum atomic E-state index is 12.0. The molecule has 1 aromatic carbocycles. The van der Waals surface area contributed by atoms with Crippen LogP contribution < -0.4 is 10.6 Å². The lowest BCUT2D eigenvalue weighted by atomic mass is 10.0. The highest BCUT2D eigenvalue weighted by molar-refractivity contribution is 5.95. The van der Waals surface area contributed by atoms with Gasteiger partial charge in [-0.1, -0.05) is 18.2 Å². The maximum Gasteiger partial charge on any atom is 0.224 e. The lowest BCUT2D eigenvalue weighted by Crippen LogP contribution is -2.16. The second kappa shape index (κ2) is 6.37. The summed E-state index contributed by atoms with van der Waals surface area (Å²) in [7, 11) is 0. The van der Waals surface area contributed by atoms with Gasteiger partial charge in [0.15, 0.2) is 0 Å². The first kappa shape index (κ1) is 14.3. The summed E-state index contributed by atoms with van der Waals surface area (Å²) in [5.41, 5.74) is 2.36. The third kappa shape index (κ3) is 3.70. The predicted molar refractivity (Wildman–Crippen MR) is 80.6 cm³/mol. The van der Waals surface area contributed by atoms with Gasteiger partial charge in [0.05, 0.1) is 0 Å². The number of allylic oxidation sites excluding steroid dienone is 2. The number of hydrogen-bond acceptors (Lipinski definition) is 2. The first-order chi connectivity index (χ1) is 9.56. The third-order valence-electron chi connectivity index (χ3n) is 3.48. The van der Waals surface area contributed by atoms with Crippen LogP contribution in [0.1, 0.15) is 31.7 Å². The average Bonchev–Trinajstić information content (AvgIpc) is 2.86.